The first kappa shape index (κ1) is 17.0. The lowest BCUT2D eigenvalue weighted by molar-refractivity contribution is -0.0446. The van der Waals surface area contributed by atoms with Crippen LogP contribution in [0.5, 0.6) is 0 Å². The normalized spacial score (nSPS) is 27.4. The summed E-state index contributed by atoms with van der Waals surface area (Å²) in [4.78, 5) is 14.1. The minimum atomic E-state index is -1.13. The summed E-state index contributed by atoms with van der Waals surface area (Å²) in [5, 5.41) is 29.8. The summed E-state index contributed by atoms with van der Waals surface area (Å²) in [6.45, 7) is 3.54. The van der Waals surface area contributed by atoms with Gasteiger partial charge >= 0.3 is 0 Å². The lowest BCUT2D eigenvalue weighted by Gasteiger charge is -2.24. The first-order valence-electron chi connectivity index (χ1n) is 7.84. The number of aromatic nitrogens is 4. The van der Waals surface area contributed by atoms with Crippen LogP contribution < -0.4 is 5.73 Å². The number of aliphatic hydroxyl groups excluding tert-OH is 3. The summed E-state index contributed by atoms with van der Waals surface area (Å²) in [7, 11) is 0. The van der Waals surface area contributed by atoms with E-state index in [9.17, 15) is 10.2 Å². The van der Waals surface area contributed by atoms with E-state index in [1.165, 1.54) is 12.7 Å². The van der Waals surface area contributed by atoms with Gasteiger partial charge in [-0.25, -0.2) is 15.0 Å². The predicted molar refractivity (Wildman–Crippen MR) is 84.9 cm³/mol. The molecule has 1 aliphatic heterocycles. The Balaban J connectivity index is 1.83. The largest absolute Gasteiger partial charge is 0.395 e. The number of ether oxygens (including phenoxy) is 1. The Morgan fingerprint density at radius 1 is 1.29 bits per heavy atom. The molecule has 0 unspecified atom stereocenters. The van der Waals surface area contributed by atoms with Crippen LogP contribution in [0.1, 0.15) is 13.2 Å². The molecule has 0 aromatic carbocycles. The zero-order valence-electron chi connectivity index (χ0n) is 13.4. The van der Waals surface area contributed by atoms with Crippen molar-refractivity contribution >= 4 is 17.0 Å². The number of anilines is 1. The number of hydrogen-bond donors (Lipinski definition) is 4. The molecule has 1 fully saturated rings. The zero-order valence-corrected chi connectivity index (χ0v) is 13.4. The van der Waals surface area contributed by atoms with Crippen molar-refractivity contribution in [3.05, 3.63) is 12.7 Å². The average Bonchev–Trinajstić information content (AvgIpc) is 3.12. The minimum absolute atomic E-state index is 0.0188. The van der Waals surface area contributed by atoms with Crippen LogP contribution in [0.4, 0.5) is 5.82 Å². The van der Waals surface area contributed by atoms with Gasteiger partial charge in [0.2, 0.25) is 0 Å². The Hall–Kier alpha value is -1.85. The van der Waals surface area contributed by atoms with Gasteiger partial charge in [-0.3, -0.25) is 9.47 Å². The first-order chi connectivity index (χ1) is 11.6. The fourth-order valence-corrected chi connectivity index (χ4v) is 2.94. The van der Waals surface area contributed by atoms with Gasteiger partial charge in [-0.05, 0) is 6.54 Å². The van der Waals surface area contributed by atoms with Crippen LogP contribution in [0.2, 0.25) is 0 Å². The highest BCUT2D eigenvalue weighted by Gasteiger charge is 2.44. The highest BCUT2D eigenvalue weighted by Crippen LogP contribution is 2.32. The molecule has 3 heterocycles. The molecule has 24 heavy (non-hydrogen) atoms. The number of rotatable bonds is 6. The second-order valence-electron chi connectivity index (χ2n) is 5.75. The Morgan fingerprint density at radius 3 is 2.79 bits per heavy atom. The van der Waals surface area contributed by atoms with Crippen molar-refractivity contribution in [2.75, 3.05) is 32.0 Å². The third-order valence-electron chi connectivity index (χ3n) is 4.30. The molecule has 0 radical (unpaired) electrons. The summed E-state index contributed by atoms with van der Waals surface area (Å²) >= 11 is 0. The Bertz CT molecular complexity index is 695. The number of likely N-dealkylation sites (N-methyl/N-ethyl adjacent to an activating group) is 1. The topological polar surface area (TPSA) is 143 Å². The second kappa shape index (κ2) is 6.95. The molecule has 132 valence electrons. The molecular weight excluding hydrogens is 316 g/mol. The maximum atomic E-state index is 10.4. The molecule has 3 rings (SSSR count). The van der Waals surface area contributed by atoms with Gasteiger partial charge in [-0.1, -0.05) is 6.92 Å². The number of hydrogen-bond acceptors (Lipinski definition) is 9. The van der Waals surface area contributed by atoms with Crippen LogP contribution in [0.25, 0.3) is 11.2 Å². The molecule has 4 atom stereocenters. The molecule has 1 aliphatic rings. The van der Waals surface area contributed by atoms with Crippen LogP contribution in [0.3, 0.4) is 0 Å². The molecule has 2 aromatic heterocycles. The van der Waals surface area contributed by atoms with Gasteiger partial charge in [0.15, 0.2) is 17.7 Å². The van der Waals surface area contributed by atoms with E-state index in [1.54, 1.807) is 4.57 Å². The van der Waals surface area contributed by atoms with Crippen LogP contribution in [0, 0.1) is 0 Å². The molecule has 0 bridgehead atoms. The van der Waals surface area contributed by atoms with E-state index in [4.69, 9.17) is 15.6 Å². The number of fused-ring (bicyclic) bond motifs is 1. The van der Waals surface area contributed by atoms with E-state index in [2.05, 4.69) is 15.0 Å². The molecule has 5 N–H and O–H groups in total. The van der Waals surface area contributed by atoms with Gasteiger partial charge in [0, 0.05) is 13.1 Å². The Morgan fingerprint density at radius 2 is 2.08 bits per heavy atom. The molecule has 0 spiro atoms. The van der Waals surface area contributed by atoms with Gasteiger partial charge in [-0.15, -0.1) is 0 Å². The zero-order chi connectivity index (χ0) is 17.3. The van der Waals surface area contributed by atoms with Gasteiger partial charge in [0.25, 0.3) is 0 Å². The number of nitrogens with zero attached hydrogens (tertiary/aromatic N) is 5. The number of aliphatic hydroxyl groups is 3. The van der Waals surface area contributed by atoms with Gasteiger partial charge in [-0.2, -0.15) is 0 Å². The summed E-state index contributed by atoms with van der Waals surface area (Å²) in [6.07, 6.45) is -0.823. The highest BCUT2D eigenvalue weighted by atomic mass is 16.6. The molecule has 0 aliphatic carbocycles. The smallest absolute Gasteiger partial charge is 0.167 e. The fourth-order valence-electron chi connectivity index (χ4n) is 2.94. The monoisotopic (exact) mass is 338 g/mol. The van der Waals surface area contributed by atoms with E-state index in [0.717, 1.165) is 0 Å². The van der Waals surface area contributed by atoms with Crippen molar-refractivity contribution in [1.82, 2.24) is 24.4 Å². The lowest BCUT2D eigenvalue weighted by atomic mass is 10.1. The summed E-state index contributed by atoms with van der Waals surface area (Å²) in [6, 6.07) is 0. The van der Waals surface area contributed by atoms with Crippen molar-refractivity contribution in [2.45, 2.75) is 31.5 Å². The standard InChI is InChI=1S/C14H22N6O4/c1-2-19(3-4-21)5-8-10(22)11(23)14(24-8)20-7-18-9-12(15)16-6-17-13(9)20/h6-8,10-11,14,21-23H,2-5H2,1H3,(H2,15,16,17)/t8-,10-,11-,14-/m1/s1. The summed E-state index contributed by atoms with van der Waals surface area (Å²) < 4.78 is 7.40. The number of nitrogens with two attached hydrogens (primary N) is 1. The van der Waals surface area contributed by atoms with Crippen molar-refractivity contribution in [1.29, 1.82) is 0 Å². The van der Waals surface area contributed by atoms with Crippen molar-refractivity contribution in [2.24, 2.45) is 0 Å². The first-order valence-corrected chi connectivity index (χ1v) is 7.84. The van der Waals surface area contributed by atoms with Crippen molar-refractivity contribution in [3.63, 3.8) is 0 Å². The molecule has 2 aromatic rings. The molecule has 10 nitrogen and oxygen atoms in total. The fraction of sp³-hybridized carbons (Fsp3) is 0.643. The third kappa shape index (κ3) is 2.94. The second-order valence-corrected chi connectivity index (χ2v) is 5.75. The minimum Gasteiger partial charge on any atom is -0.395 e. The molecular formula is C14H22N6O4. The van der Waals surface area contributed by atoms with Crippen LogP contribution in [0.15, 0.2) is 12.7 Å². The summed E-state index contributed by atoms with van der Waals surface area (Å²) in [5.74, 6) is 0.239. The number of imidazole rings is 1. The third-order valence-corrected chi connectivity index (χ3v) is 4.30. The van der Waals surface area contributed by atoms with E-state index in [1.807, 2.05) is 11.8 Å². The maximum absolute atomic E-state index is 10.4. The quantitative estimate of drug-likeness (QED) is 0.486. The molecule has 0 saturated carbocycles. The molecule has 1 saturated heterocycles. The maximum Gasteiger partial charge on any atom is 0.167 e. The van der Waals surface area contributed by atoms with E-state index in [0.29, 0.717) is 30.8 Å². The SMILES string of the molecule is CCN(CCO)C[C@H]1O[C@@H](n2cnc3c(N)ncnc32)[C@H](O)[C@@H]1O. The average molecular weight is 338 g/mol. The summed E-state index contributed by atoms with van der Waals surface area (Å²) in [5.41, 5.74) is 6.62. The Kier molecular flexibility index (Phi) is 4.92. The van der Waals surface area contributed by atoms with E-state index in [-0.39, 0.29) is 12.4 Å². The highest BCUT2D eigenvalue weighted by molar-refractivity contribution is 5.81. The number of nitrogen functional groups attached to an aromatic ring is 1. The van der Waals surface area contributed by atoms with E-state index >= 15 is 0 Å². The molecule has 10 heteroatoms. The van der Waals surface area contributed by atoms with E-state index < -0.39 is 24.5 Å². The Labute approximate surface area is 138 Å². The van der Waals surface area contributed by atoms with Crippen molar-refractivity contribution in [3.8, 4) is 0 Å². The van der Waals surface area contributed by atoms with Crippen LogP contribution in [-0.4, -0.2) is 84.3 Å². The van der Waals surface area contributed by atoms with Gasteiger partial charge < -0.3 is 25.8 Å². The molecule has 0 amide bonds. The van der Waals surface area contributed by atoms with Crippen LogP contribution >= 0.6 is 0 Å². The van der Waals surface area contributed by atoms with Crippen LogP contribution in [-0.2, 0) is 4.74 Å². The van der Waals surface area contributed by atoms with Gasteiger partial charge in [0.05, 0.1) is 12.9 Å². The predicted octanol–water partition coefficient (Wildman–Crippen LogP) is -1.66. The van der Waals surface area contributed by atoms with Gasteiger partial charge in [0.1, 0.15) is 30.2 Å². The van der Waals surface area contributed by atoms with Crippen molar-refractivity contribution < 1.29 is 20.1 Å². The lowest BCUT2D eigenvalue weighted by Crippen LogP contribution is -2.41.